The lowest BCUT2D eigenvalue weighted by molar-refractivity contribution is -0.129. The predicted octanol–water partition coefficient (Wildman–Crippen LogP) is 0.738. The van der Waals surface area contributed by atoms with Crippen LogP contribution in [0.5, 0.6) is 6.01 Å². The molecule has 0 aliphatic carbocycles. The number of carboxylic acids is 1. The van der Waals surface area contributed by atoms with E-state index in [9.17, 15) is 4.79 Å². The maximum Gasteiger partial charge on any atom is 0.349 e. The van der Waals surface area contributed by atoms with E-state index in [2.05, 4.69) is 9.97 Å². The first-order chi connectivity index (χ1) is 7.09. The van der Waals surface area contributed by atoms with Crippen LogP contribution in [0.2, 0.25) is 0 Å². The fraction of sp³-hybridized carbons (Fsp3) is 0.333. The quantitative estimate of drug-likeness (QED) is 0.697. The number of ether oxygens (including phenoxy) is 1. The highest BCUT2D eigenvalue weighted by molar-refractivity contribution is 6.34. The summed E-state index contributed by atoms with van der Waals surface area (Å²) in [6.45, 7) is 1.66. The maximum absolute atomic E-state index is 10.4. The summed E-state index contributed by atoms with van der Waals surface area (Å²) in [4.78, 5) is 18.0. The molecule has 6 nitrogen and oxygen atoms in total. The van der Waals surface area contributed by atoms with Crippen molar-refractivity contribution in [2.45, 2.75) is 19.4 Å². The van der Waals surface area contributed by atoms with Crippen LogP contribution in [0.15, 0.2) is 18.5 Å². The van der Waals surface area contributed by atoms with Crippen LogP contribution >= 0.6 is 0 Å². The van der Waals surface area contributed by atoms with Crippen molar-refractivity contribution in [2.75, 3.05) is 0 Å². The zero-order valence-corrected chi connectivity index (χ0v) is 8.17. The summed E-state index contributed by atoms with van der Waals surface area (Å²) in [6, 6.07) is 1.83. The topological polar surface area (TPSA) is 96.2 Å². The van der Waals surface area contributed by atoms with Gasteiger partial charge in [0.2, 0.25) is 0 Å². The summed E-state index contributed by atoms with van der Waals surface area (Å²) in [5, 5.41) is 15.6. The molecule has 0 aliphatic rings. The first-order valence-electron chi connectivity index (χ1n) is 4.34. The summed E-state index contributed by atoms with van der Waals surface area (Å²) in [7, 11) is 0. The molecule has 0 aromatic carbocycles. The Morgan fingerprint density at radius 1 is 1.60 bits per heavy atom. The van der Waals surface area contributed by atoms with Crippen LogP contribution < -0.4 is 4.74 Å². The van der Waals surface area contributed by atoms with E-state index in [1.54, 1.807) is 13.0 Å². The van der Waals surface area contributed by atoms with Gasteiger partial charge in [0.05, 0.1) is 0 Å². The first kappa shape index (κ1) is 11.1. The summed E-state index contributed by atoms with van der Waals surface area (Å²) in [6.07, 6.45) is 2.64. The Morgan fingerprint density at radius 2 is 2.20 bits per heavy atom. The van der Waals surface area contributed by atoms with Gasteiger partial charge in [-0.05, 0) is 13.0 Å². The fourth-order valence-corrected chi connectivity index (χ4v) is 0.943. The molecule has 0 saturated heterocycles. The van der Waals surface area contributed by atoms with Crippen molar-refractivity contribution in [1.82, 2.24) is 9.97 Å². The van der Waals surface area contributed by atoms with Gasteiger partial charge in [-0.1, -0.05) is 0 Å². The summed E-state index contributed by atoms with van der Waals surface area (Å²) < 4.78 is 5.21. The average Bonchev–Trinajstić information content (AvgIpc) is 2.18. The second-order valence-electron chi connectivity index (χ2n) is 2.95. The van der Waals surface area contributed by atoms with E-state index in [1.807, 2.05) is 0 Å². The number of carboxylic acid groups (broad SMARTS) is 1. The molecule has 0 spiro atoms. The van der Waals surface area contributed by atoms with Gasteiger partial charge in [-0.2, -0.15) is 0 Å². The number of aliphatic carboxylic acids is 1. The number of carbonyl (C=O) groups is 1. The van der Waals surface area contributed by atoms with Gasteiger partial charge in [0, 0.05) is 18.8 Å². The molecule has 1 rings (SSSR count). The number of hydrogen-bond donors (Lipinski definition) is 2. The van der Waals surface area contributed by atoms with Gasteiger partial charge in [0.1, 0.15) is 11.8 Å². The van der Waals surface area contributed by atoms with Crippen molar-refractivity contribution in [3.05, 3.63) is 18.5 Å². The third kappa shape index (κ3) is 3.72. The Bertz CT molecular complexity index is 353. The molecule has 80 valence electrons. The highest BCUT2D eigenvalue weighted by Gasteiger charge is 2.13. The van der Waals surface area contributed by atoms with Crippen LogP contribution in [-0.4, -0.2) is 32.9 Å². The molecule has 0 fully saturated rings. The lowest BCUT2D eigenvalue weighted by Gasteiger charge is -2.11. The van der Waals surface area contributed by atoms with Crippen LogP contribution in [-0.2, 0) is 4.79 Å². The van der Waals surface area contributed by atoms with Gasteiger partial charge in [-0.25, -0.2) is 14.8 Å². The van der Waals surface area contributed by atoms with E-state index < -0.39 is 17.8 Å². The van der Waals surface area contributed by atoms with Gasteiger partial charge in [-0.3, -0.25) is 5.41 Å². The van der Waals surface area contributed by atoms with E-state index in [0.29, 0.717) is 0 Å². The van der Waals surface area contributed by atoms with Gasteiger partial charge in [-0.15, -0.1) is 0 Å². The molecule has 0 saturated carbocycles. The average molecular weight is 209 g/mol. The molecule has 15 heavy (non-hydrogen) atoms. The van der Waals surface area contributed by atoms with Crippen molar-refractivity contribution in [2.24, 2.45) is 0 Å². The third-order valence-electron chi connectivity index (χ3n) is 1.60. The maximum atomic E-state index is 10.4. The molecule has 0 bridgehead atoms. The van der Waals surface area contributed by atoms with Gasteiger partial charge in [0.15, 0.2) is 0 Å². The van der Waals surface area contributed by atoms with E-state index in [4.69, 9.17) is 15.3 Å². The summed E-state index contributed by atoms with van der Waals surface area (Å²) in [5.74, 6) is -1.24. The highest BCUT2D eigenvalue weighted by atomic mass is 16.5. The predicted molar refractivity (Wildman–Crippen MR) is 52.1 cm³/mol. The minimum atomic E-state index is -1.24. The molecular weight excluding hydrogens is 198 g/mol. The van der Waals surface area contributed by atoms with Crippen molar-refractivity contribution < 1.29 is 14.6 Å². The van der Waals surface area contributed by atoms with Crippen LogP contribution in [0.4, 0.5) is 0 Å². The zero-order valence-electron chi connectivity index (χ0n) is 8.17. The molecule has 1 heterocycles. The lowest BCUT2D eigenvalue weighted by Crippen LogP contribution is -2.22. The second-order valence-corrected chi connectivity index (χ2v) is 2.95. The Labute approximate surface area is 86.5 Å². The number of rotatable bonds is 5. The van der Waals surface area contributed by atoms with Crippen molar-refractivity contribution in [1.29, 1.82) is 5.41 Å². The van der Waals surface area contributed by atoms with E-state index in [1.165, 1.54) is 12.4 Å². The molecule has 1 aromatic rings. The van der Waals surface area contributed by atoms with Crippen molar-refractivity contribution in [3.63, 3.8) is 0 Å². The molecule has 2 N–H and O–H groups in total. The molecule has 1 aromatic heterocycles. The number of hydrogen-bond acceptors (Lipinski definition) is 5. The monoisotopic (exact) mass is 209 g/mol. The van der Waals surface area contributed by atoms with Crippen molar-refractivity contribution in [3.8, 4) is 6.01 Å². The minimum absolute atomic E-state index is 0.0214. The molecule has 0 amide bonds. The van der Waals surface area contributed by atoms with E-state index in [0.717, 1.165) is 0 Å². The SMILES string of the molecule is C[C@@H](CC(=N)C(=O)O)Oc1ncccn1. The Kier molecular flexibility index (Phi) is 3.73. The smallest absolute Gasteiger partial charge is 0.349 e. The normalized spacial score (nSPS) is 11.8. The van der Waals surface area contributed by atoms with Crippen LogP contribution in [0, 0.1) is 5.41 Å². The van der Waals surface area contributed by atoms with Gasteiger partial charge in [0.25, 0.3) is 0 Å². The Morgan fingerprint density at radius 3 is 2.73 bits per heavy atom. The van der Waals surface area contributed by atoms with E-state index >= 15 is 0 Å². The fourth-order valence-electron chi connectivity index (χ4n) is 0.943. The van der Waals surface area contributed by atoms with Gasteiger partial charge < -0.3 is 9.84 Å². The van der Waals surface area contributed by atoms with Crippen LogP contribution in [0.3, 0.4) is 0 Å². The summed E-state index contributed by atoms with van der Waals surface area (Å²) in [5.41, 5.74) is -0.390. The molecule has 1 atom stereocenters. The molecule has 0 aliphatic heterocycles. The Balaban J connectivity index is 2.46. The molecule has 0 radical (unpaired) electrons. The standard InChI is InChI=1S/C9H11N3O3/c1-6(5-7(10)8(13)14)15-9-11-3-2-4-12-9/h2-4,6,10H,5H2,1H3,(H,13,14)/t6-/m0/s1. The summed E-state index contributed by atoms with van der Waals surface area (Å²) >= 11 is 0. The van der Waals surface area contributed by atoms with Crippen molar-refractivity contribution >= 4 is 11.7 Å². The molecule has 6 heteroatoms. The Hall–Kier alpha value is -1.98. The van der Waals surface area contributed by atoms with Gasteiger partial charge >= 0.3 is 12.0 Å². The zero-order chi connectivity index (χ0) is 11.3. The van der Waals surface area contributed by atoms with Crippen LogP contribution in [0.25, 0.3) is 0 Å². The molecular formula is C9H11N3O3. The number of nitrogens with one attached hydrogen (secondary N) is 1. The highest BCUT2D eigenvalue weighted by Crippen LogP contribution is 2.05. The second kappa shape index (κ2) is 5.04. The largest absolute Gasteiger partial charge is 0.477 e. The first-order valence-corrected chi connectivity index (χ1v) is 4.34. The number of nitrogens with zero attached hydrogens (tertiary/aromatic N) is 2. The third-order valence-corrected chi connectivity index (χ3v) is 1.60. The van der Waals surface area contributed by atoms with E-state index in [-0.39, 0.29) is 12.4 Å². The lowest BCUT2D eigenvalue weighted by atomic mass is 10.2. The van der Waals surface area contributed by atoms with Crippen LogP contribution in [0.1, 0.15) is 13.3 Å². The minimum Gasteiger partial charge on any atom is -0.477 e. The number of aromatic nitrogens is 2. The molecule has 0 unspecified atom stereocenters.